The van der Waals surface area contributed by atoms with E-state index in [1.165, 1.54) is 17.8 Å². The molecule has 2 aliphatic carbocycles. The van der Waals surface area contributed by atoms with Crippen molar-refractivity contribution >= 4 is 22.6 Å². The molecule has 4 aromatic rings. The van der Waals surface area contributed by atoms with Crippen LogP contribution in [0.5, 0.6) is 0 Å². The molecule has 0 radical (unpaired) electrons. The number of rotatable bonds is 7. The van der Waals surface area contributed by atoms with Gasteiger partial charge in [-0.15, -0.1) is 0 Å². The maximum Gasteiger partial charge on any atom is 0.337 e. The average Bonchev–Trinajstić information content (AvgIpc) is 3.57. The smallest absolute Gasteiger partial charge is 0.337 e. The highest BCUT2D eigenvalue weighted by molar-refractivity contribution is 6.04. The summed E-state index contributed by atoms with van der Waals surface area (Å²) in [5.41, 5.74) is 5.60. The molecule has 8 heteroatoms. The predicted molar refractivity (Wildman–Crippen MR) is 141 cm³/mol. The van der Waals surface area contributed by atoms with E-state index in [9.17, 15) is 9.90 Å². The summed E-state index contributed by atoms with van der Waals surface area (Å²) in [6.45, 7) is 4.14. The van der Waals surface area contributed by atoms with E-state index < -0.39 is 11.8 Å². The average molecular weight is 516 g/mol. The van der Waals surface area contributed by atoms with Gasteiger partial charge in [0.25, 0.3) is 0 Å². The van der Waals surface area contributed by atoms with Crippen LogP contribution in [-0.4, -0.2) is 40.0 Å². The van der Waals surface area contributed by atoms with Crippen LogP contribution in [0, 0.1) is 24.6 Å². The number of piperidine rings is 2. The maximum atomic E-state index is 15.1. The summed E-state index contributed by atoms with van der Waals surface area (Å²) in [6, 6.07) is 11.6. The number of fused-ring (bicyclic) bond motifs is 3. The van der Waals surface area contributed by atoms with Crippen molar-refractivity contribution in [2.24, 2.45) is 18.9 Å². The summed E-state index contributed by atoms with van der Waals surface area (Å²) in [6.07, 6.45) is 5.00. The van der Waals surface area contributed by atoms with Crippen LogP contribution >= 0.6 is 0 Å². The molecule has 2 aromatic carbocycles. The van der Waals surface area contributed by atoms with Crippen LogP contribution in [-0.2, 0) is 18.4 Å². The lowest BCUT2D eigenvalue weighted by Crippen LogP contribution is -2.59. The highest BCUT2D eigenvalue weighted by Gasteiger charge is 2.48. The van der Waals surface area contributed by atoms with Crippen molar-refractivity contribution in [3.05, 3.63) is 70.9 Å². The lowest BCUT2D eigenvalue weighted by atomic mass is 9.68. The van der Waals surface area contributed by atoms with Gasteiger partial charge in [-0.1, -0.05) is 29.4 Å². The zero-order valence-corrected chi connectivity index (χ0v) is 21.5. The van der Waals surface area contributed by atoms with E-state index in [0.29, 0.717) is 29.9 Å². The van der Waals surface area contributed by atoms with Crippen LogP contribution < -0.4 is 4.90 Å². The molecule has 2 atom stereocenters. The van der Waals surface area contributed by atoms with Crippen molar-refractivity contribution < 1.29 is 23.6 Å². The molecule has 196 valence electrons. The fourth-order valence-corrected chi connectivity index (χ4v) is 6.48. The molecule has 2 aliphatic heterocycles. The first-order chi connectivity index (χ1) is 18.4. The number of nitrogens with zero attached hydrogens (tertiary/aromatic N) is 3. The number of carboxylic acids is 1. The molecule has 4 heterocycles. The summed E-state index contributed by atoms with van der Waals surface area (Å²) in [4.78, 5) is 13.8. The van der Waals surface area contributed by atoms with Crippen molar-refractivity contribution in [2.45, 2.75) is 44.8 Å². The molecule has 2 saturated heterocycles. The quantitative estimate of drug-likeness (QED) is 0.330. The van der Waals surface area contributed by atoms with Gasteiger partial charge in [-0.2, -0.15) is 0 Å². The van der Waals surface area contributed by atoms with Gasteiger partial charge >= 0.3 is 5.97 Å². The van der Waals surface area contributed by atoms with Gasteiger partial charge < -0.3 is 23.8 Å². The Balaban J connectivity index is 1.09. The van der Waals surface area contributed by atoms with Crippen LogP contribution in [0.1, 0.15) is 52.4 Å². The maximum absolute atomic E-state index is 15.1. The van der Waals surface area contributed by atoms with Crippen LogP contribution in [0.2, 0.25) is 0 Å². The summed E-state index contributed by atoms with van der Waals surface area (Å²) < 4.78 is 29.2. The van der Waals surface area contributed by atoms with E-state index in [0.717, 1.165) is 60.6 Å². The van der Waals surface area contributed by atoms with Crippen molar-refractivity contribution in [2.75, 3.05) is 18.0 Å². The fourth-order valence-electron chi connectivity index (χ4n) is 6.48. The summed E-state index contributed by atoms with van der Waals surface area (Å²) in [7, 11) is 1.75. The molecular weight excluding hydrogens is 485 g/mol. The van der Waals surface area contributed by atoms with Crippen LogP contribution in [0.25, 0.3) is 22.2 Å². The van der Waals surface area contributed by atoms with E-state index in [4.69, 9.17) is 9.26 Å². The molecule has 4 fully saturated rings. The Morgan fingerprint density at radius 2 is 1.97 bits per heavy atom. The minimum Gasteiger partial charge on any atom is -0.478 e. The lowest BCUT2D eigenvalue weighted by Gasteiger charge is -2.53. The zero-order valence-electron chi connectivity index (χ0n) is 21.5. The Bertz CT molecular complexity index is 1560. The van der Waals surface area contributed by atoms with Crippen molar-refractivity contribution in [3.63, 3.8) is 0 Å². The van der Waals surface area contributed by atoms with Crippen LogP contribution in [0.15, 0.2) is 47.1 Å². The van der Waals surface area contributed by atoms with Crippen molar-refractivity contribution in [1.82, 2.24) is 9.72 Å². The van der Waals surface area contributed by atoms with E-state index in [1.54, 1.807) is 11.6 Å². The molecule has 2 bridgehead atoms. The Morgan fingerprint density at radius 1 is 1.21 bits per heavy atom. The Hall–Kier alpha value is -3.65. The normalized spacial score (nSPS) is 22.6. The molecular formula is C30H30FN3O4. The minimum absolute atomic E-state index is 0.00845. The van der Waals surface area contributed by atoms with Crippen LogP contribution in [0.4, 0.5) is 10.1 Å². The largest absolute Gasteiger partial charge is 0.478 e. The number of anilines is 1. The Kier molecular flexibility index (Phi) is 5.37. The van der Waals surface area contributed by atoms with E-state index >= 15 is 4.39 Å². The second-order valence-electron chi connectivity index (χ2n) is 11.2. The van der Waals surface area contributed by atoms with E-state index in [2.05, 4.69) is 29.1 Å². The van der Waals surface area contributed by atoms with Crippen molar-refractivity contribution in [1.29, 1.82) is 0 Å². The molecule has 2 unspecified atom stereocenters. The number of ether oxygens (including phenoxy) is 1. The molecule has 4 aliphatic rings. The summed E-state index contributed by atoms with van der Waals surface area (Å²) in [5.74, 6) is 0.528. The molecule has 8 rings (SSSR count). The molecule has 0 spiro atoms. The number of halogens is 1. The molecule has 2 saturated carbocycles. The fraction of sp³-hybridized carbons (Fsp3) is 0.400. The van der Waals surface area contributed by atoms with Gasteiger partial charge in [0.1, 0.15) is 17.3 Å². The Labute approximate surface area is 219 Å². The topological polar surface area (TPSA) is 80.7 Å². The van der Waals surface area contributed by atoms with Gasteiger partial charge in [-0.3, -0.25) is 0 Å². The first kappa shape index (κ1) is 23.5. The van der Waals surface area contributed by atoms with Gasteiger partial charge in [0, 0.05) is 60.9 Å². The standard InChI is InChI=1S/C30H30FN3O4/c1-16-5-3-4-6-21(16)27-23(29(38-32-27)17-7-8-17)15-37-28-18-9-19(28)13-34(12-18)20-10-24(31)26-22(30(35)36)14-33(2)25(26)11-20/h3-6,10-11,14,17-19,28H,7-9,12-13,15H2,1-2H3,(H,35,36). The second kappa shape index (κ2) is 8.70. The SMILES string of the molecule is Cc1ccccc1-c1noc(C2CC2)c1COC1C2CC1CN(c1cc(F)c3c(C(=O)O)cn(C)c3c1)C2. The number of hydrogen-bond donors (Lipinski definition) is 1. The zero-order chi connectivity index (χ0) is 26.1. The molecule has 2 aromatic heterocycles. The third kappa shape index (κ3) is 3.73. The first-order valence-corrected chi connectivity index (χ1v) is 13.3. The van der Waals surface area contributed by atoms with Gasteiger partial charge in [0.15, 0.2) is 0 Å². The number of carbonyl (C=O) groups is 1. The first-order valence-electron chi connectivity index (χ1n) is 13.3. The molecule has 7 nitrogen and oxygen atoms in total. The van der Waals surface area contributed by atoms with Gasteiger partial charge in [-0.05, 0) is 43.9 Å². The number of aromatic carboxylic acids is 1. The lowest BCUT2D eigenvalue weighted by molar-refractivity contribution is -0.111. The van der Waals surface area contributed by atoms with Gasteiger partial charge in [0.05, 0.1) is 29.2 Å². The number of carboxylic acid groups (broad SMARTS) is 1. The Morgan fingerprint density at radius 3 is 2.68 bits per heavy atom. The van der Waals surface area contributed by atoms with Gasteiger partial charge in [-0.25, -0.2) is 9.18 Å². The van der Waals surface area contributed by atoms with Crippen molar-refractivity contribution in [3.8, 4) is 11.3 Å². The van der Waals surface area contributed by atoms with Gasteiger partial charge in [0.2, 0.25) is 0 Å². The number of aromatic nitrogens is 2. The number of aryl methyl sites for hydroxylation is 2. The third-order valence-corrected chi connectivity index (χ3v) is 8.65. The summed E-state index contributed by atoms with van der Waals surface area (Å²) in [5, 5.41) is 14.1. The van der Waals surface area contributed by atoms with Crippen LogP contribution in [0.3, 0.4) is 0 Å². The molecule has 38 heavy (non-hydrogen) atoms. The monoisotopic (exact) mass is 515 g/mol. The summed E-state index contributed by atoms with van der Waals surface area (Å²) >= 11 is 0. The minimum atomic E-state index is -1.12. The third-order valence-electron chi connectivity index (χ3n) is 8.65. The highest BCUT2D eigenvalue weighted by Crippen LogP contribution is 2.47. The predicted octanol–water partition coefficient (Wildman–Crippen LogP) is 5.90. The molecule has 1 N–H and O–H groups in total. The second-order valence-corrected chi connectivity index (χ2v) is 11.2. The molecule has 0 amide bonds. The van der Waals surface area contributed by atoms with E-state index in [-0.39, 0.29) is 17.1 Å². The highest BCUT2D eigenvalue weighted by atomic mass is 19.1. The van der Waals surface area contributed by atoms with E-state index in [1.807, 2.05) is 18.2 Å². The number of benzene rings is 2. The number of hydrogen-bond acceptors (Lipinski definition) is 5.